The number of likely N-dealkylation sites (tertiary alicyclic amines) is 1. The van der Waals surface area contributed by atoms with E-state index in [0.717, 1.165) is 51.3 Å². The highest BCUT2D eigenvalue weighted by Crippen LogP contribution is 2.24. The first-order valence-corrected chi connectivity index (χ1v) is 9.54. The third-order valence-electron chi connectivity index (χ3n) is 5.39. The van der Waals surface area contributed by atoms with Crippen LogP contribution in [0, 0.1) is 11.8 Å². The molecular weight excluding hydrogens is 300 g/mol. The van der Waals surface area contributed by atoms with Crippen LogP contribution >= 0.6 is 0 Å². The fourth-order valence-electron chi connectivity index (χ4n) is 3.88. The average Bonchev–Trinajstić information content (AvgIpc) is 3.08. The number of aromatic nitrogens is 2. The molecule has 1 aliphatic heterocycles. The molecule has 1 amide bonds. The van der Waals surface area contributed by atoms with Gasteiger partial charge in [0.2, 0.25) is 5.91 Å². The Kier molecular flexibility index (Phi) is 6.18. The second-order valence-corrected chi connectivity index (χ2v) is 7.33. The zero-order valence-electron chi connectivity index (χ0n) is 14.8. The van der Waals surface area contributed by atoms with Gasteiger partial charge < -0.3 is 5.32 Å². The number of carbonyl (C=O) groups is 1. The lowest BCUT2D eigenvalue weighted by Crippen LogP contribution is -2.36. The van der Waals surface area contributed by atoms with E-state index in [1.807, 2.05) is 12.4 Å². The highest BCUT2D eigenvalue weighted by molar-refractivity contribution is 5.78. The SMILES string of the molecule is CCc1ncc(CN2CC[C@@H](CNC(=O)C3CCCCC3)C2)cn1. The lowest BCUT2D eigenvalue weighted by Gasteiger charge is -2.22. The van der Waals surface area contributed by atoms with Crippen molar-refractivity contribution in [3.05, 3.63) is 23.8 Å². The maximum absolute atomic E-state index is 12.2. The largest absolute Gasteiger partial charge is 0.356 e. The molecule has 1 aromatic heterocycles. The summed E-state index contributed by atoms with van der Waals surface area (Å²) in [6, 6.07) is 0. The van der Waals surface area contributed by atoms with Crippen molar-refractivity contribution in [3.63, 3.8) is 0 Å². The second-order valence-electron chi connectivity index (χ2n) is 7.33. The lowest BCUT2D eigenvalue weighted by atomic mass is 9.88. The molecule has 2 aliphatic rings. The Bertz CT molecular complexity index is 525. The molecule has 3 rings (SSSR count). The average molecular weight is 330 g/mol. The molecule has 5 heteroatoms. The van der Waals surface area contributed by atoms with Gasteiger partial charge in [-0.2, -0.15) is 0 Å². The number of nitrogens with one attached hydrogen (secondary N) is 1. The number of nitrogens with zero attached hydrogens (tertiary/aromatic N) is 3. The van der Waals surface area contributed by atoms with Gasteiger partial charge in [0, 0.05) is 49.9 Å². The molecule has 0 bridgehead atoms. The molecule has 2 heterocycles. The molecule has 2 fully saturated rings. The Morgan fingerprint density at radius 3 is 2.67 bits per heavy atom. The number of carbonyl (C=O) groups excluding carboxylic acids is 1. The van der Waals surface area contributed by atoms with Gasteiger partial charge in [0.25, 0.3) is 0 Å². The van der Waals surface area contributed by atoms with Gasteiger partial charge in [0.05, 0.1) is 0 Å². The van der Waals surface area contributed by atoms with Crippen LogP contribution in [-0.4, -0.2) is 40.4 Å². The molecule has 24 heavy (non-hydrogen) atoms. The normalized spacial score (nSPS) is 22.6. The van der Waals surface area contributed by atoms with Crippen molar-refractivity contribution in [2.24, 2.45) is 11.8 Å². The Balaban J connectivity index is 1.39. The van der Waals surface area contributed by atoms with E-state index < -0.39 is 0 Å². The standard InChI is InChI=1S/C19H30N4O/c1-2-18-20-11-16(12-21-18)14-23-9-8-15(13-23)10-22-19(24)17-6-4-3-5-7-17/h11-12,15,17H,2-10,13-14H2,1H3,(H,22,24)/t15-/m0/s1. The van der Waals surface area contributed by atoms with Crippen molar-refractivity contribution in [2.45, 2.75) is 58.4 Å². The summed E-state index contributed by atoms with van der Waals surface area (Å²) in [7, 11) is 0. The Hall–Kier alpha value is -1.49. The summed E-state index contributed by atoms with van der Waals surface area (Å²) in [5.41, 5.74) is 1.18. The third-order valence-corrected chi connectivity index (χ3v) is 5.39. The topological polar surface area (TPSA) is 58.1 Å². The number of aryl methyl sites for hydroxylation is 1. The van der Waals surface area contributed by atoms with Gasteiger partial charge in [0.1, 0.15) is 5.82 Å². The van der Waals surface area contributed by atoms with Gasteiger partial charge in [-0.25, -0.2) is 9.97 Å². The fraction of sp³-hybridized carbons (Fsp3) is 0.737. The zero-order valence-corrected chi connectivity index (χ0v) is 14.8. The smallest absolute Gasteiger partial charge is 0.223 e. The summed E-state index contributed by atoms with van der Waals surface area (Å²) in [6.07, 6.45) is 11.8. The van der Waals surface area contributed by atoms with Crippen LogP contribution in [0.1, 0.15) is 56.8 Å². The molecule has 0 radical (unpaired) electrons. The second kappa shape index (κ2) is 8.56. The van der Waals surface area contributed by atoms with E-state index in [2.05, 4.69) is 27.1 Å². The van der Waals surface area contributed by atoms with Crippen LogP contribution in [0.2, 0.25) is 0 Å². The van der Waals surface area contributed by atoms with Gasteiger partial charge in [-0.05, 0) is 31.7 Å². The van der Waals surface area contributed by atoms with Crippen LogP contribution in [0.3, 0.4) is 0 Å². The third kappa shape index (κ3) is 4.76. The first kappa shape index (κ1) is 17.3. The maximum Gasteiger partial charge on any atom is 0.223 e. The zero-order chi connectivity index (χ0) is 16.8. The van der Waals surface area contributed by atoms with E-state index in [1.165, 1.54) is 31.2 Å². The molecule has 1 aromatic rings. The lowest BCUT2D eigenvalue weighted by molar-refractivity contribution is -0.126. The van der Waals surface area contributed by atoms with Gasteiger partial charge in [-0.15, -0.1) is 0 Å². The minimum atomic E-state index is 0.269. The van der Waals surface area contributed by atoms with Crippen LogP contribution in [0.25, 0.3) is 0 Å². The molecule has 0 spiro atoms. The molecule has 132 valence electrons. The number of hydrogen-bond acceptors (Lipinski definition) is 4. The van der Waals surface area contributed by atoms with Crippen LogP contribution < -0.4 is 5.32 Å². The molecule has 0 unspecified atom stereocenters. The van der Waals surface area contributed by atoms with Crippen LogP contribution in [-0.2, 0) is 17.8 Å². The van der Waals surface area contributed by atoms with Crippen LogP contribution in [0.4, 0.5) is 0 Å². The summed E-state index contributed by atoms with van der Waals surface area (Å²) in [4.78, 5) is 23.4. The van der Waals surface area contributed by atoms with Crippen molar-refractivity contribution in [1.82, 2.24) is 20.2 Å². The van der Waals surface area contributed by atoms with Crippen LogP contribution in [0.5, 0.6) is 0 Å². The highest BCUT2D eigenvalue weighted by atomic mass is 16.1. The van der Waals surface area contributed by atoms with E-state index in [-0.39, 0.29) is 11.8 Å². The molecule has 5 nitrogen and oxygen atoms in total. The van der Waals surface area contributed by atoms with E-state index >= 15 is 0 Å². The van der Waals surface area contributed by atoms with E-state index in [0.29, 0.717) is 5.92 Å². The summed E-state index contributed by atoms with van der Waals surface area (Å²) < 4.78 is 0. The predicted molar refractivity (Wildman–Crippen MR) is 94.4 cm³/mol. The molecule has 1 saturated heterocycles. The van der Waals surface area contributed by atoms with Crippen molar-refractivity contribution < 1.29 is 4.79 Å². The summed E-state index contributed by atoms with van der Waals surface area (Å²) in [6.45, 7) is 5.97. The van der Waals surface area contributed by atoms with Gasteiger partial charge in [-0.3, -0.25) is 9.69 Å². The maximum atomic E-state index is 12.2. The van der Waals surface area contributed by atoms with Crippen molar-refractivity contribution in [2.75, 3.05) is 19.6 Å². The van der Waals surface area contributed by atoms with E-state index in [9.17, 15) is 4.79 Å². The Morgan fingerprint density at radius 1 is 1.21 bits per heavy atom. The van der Waals surface area contributed by atoms with Gasteiger partial charge >= 0.3 is 0 Å². The number of hydrogen-bond donors (Lipinski definition) is 1. The summed E-state index contributed by atoms with van der Waals surface area (Å²) in [5.74, 6) is 2.04. The van der Waals surface area contributed by atoms with Crippen molar-refractivity contribution in [1.29, 1.82) is 0 Å². The number of amides is 1. The molecular formula is C19H30N4O. The summed E-state index contributed by atoms with van der Waals surface area (Å²) in [5, 5.41) is 3.20. The van der Waals surface area contributed by atoms with Crippen LogP contribution in [0.15, 0.2) is 12.4 Å². The predicted octanol–water partition coefficient (Wildman–Crippen LogP) is 2.56. The Morgan fingerprint density at radius 2 is 1.96 bits per heavy atom. The van der Waals surface area contributed by atoms with Crippen molar-refractivity contribution in [3.8, 4) is 0 Å². The minimum absolute atomic E-state index is 0.269. The quantitative estimate of drug-likeness (QED) is 0.871. The molecule has 1 N–H and O–H groups in total. The van der Waals surface area contributed by atoms with Crippen molar-refractivity contribution >= 4 is 5.91 Å². The van der Waals surface area contributed by atoms with E-state index in [1.54, 1.807) is 0 Å². The molecule has 0 aromatic carbocycles. The Labute approximate surface area is 145 Å². The first-order valence-electron chi connectivity index (χ1n) is 9.54. The first-order chi connectivity index (χ1) is 11.7. The monoisotopic (exact) mass is 330 g/mol. The highest BCUT2D eigenvalue weighted by Gasteiger charge is 2.25. The summed E-state index contributed by atoms with van der Waals surface area (Å²) >= 11 is 0. The fourth-order valence-corrected chi connectivity index (χ4v) is 3.88. The van der Waals surface area contributed by atoms with E-state index in [4.69, 9.17) is 0 Å². The molecule has 1 saturated carbocycles. The molecule has 1 aliphatic carbocycles. The number of rotatable bonds is 6. The molecule has 1 atom stereocenters. The minimum Gasteiger partial charge on any atom is -0.356 e. The van der Waals surface area contributed by atoms with Gasteiger partial charge in [-0.1, -0.05) is 26.2 Å². The van der Waals surface area contributed by atoms with Gasteiger partial charge in [0.15, 0.2) is 0 Å².